The second kappa shape index (κ2) is 3.25. The monoisotopic (exact) mass is 169 g/mol. The second-order valence-corrected chi connectivity index (χ2v) is 3.15. The van der Waals surface area contributed by atoms with Gasteiger partial charge in [0, 0.05) is 13.2 Å². The topological polar surface area (TPSA) is 64.1 Å². The number of nitrogens with zero attached hydrogens (tertiary/aromatic N) is 2. The van der Waals surface area contributed by atoms with Crippen LogP contribution in [-0.2, 0) is 12.6 Å². The number of aromatic nitrogens is 2. The van der Waals surface area contributed by atoms with Gasteiger partial charge in [-0.2, -0.15) is 5.10 Å². The van der Waals surface area contributed by atoms with Crippen molar-refractivity contribution in [3.8, 4) is 0 Å². The third-order valence-corrected chi connectivity index (χ3v) is 2.00. The van der Waals surface area contributed by atoms with E-state index in [2.05, 4.69) is 5.10 Å². The van der Waals surface area contributed by atoms with E-state index in [9.17, 15) is 5.11 Å². The van der Waals surface area contributed by atoms with Crippen molar-refractivity contribution in [3.05, 3.63) is 18.0 Å². The first-order chi connectivity index (χ1) is 5.58. The number of aryl methyl sites for hydroxylation is 1. The minimum absolute atomic E-state index is 0.470. The highest BCUT2D eigenvalue weighted by Gasteiger charge is 2.24. The summed E-state index contributed by atoms with van der Waals surface area (Å²) < 4.78 is 1.66. The molecule has 0 bridgehead atoms. The summed E-state index contributed by atoms with van der Waals surface area (Å²) in [5.74, 6) is 0. The van der Waals surface area contributed by atoms with Crippen LogP contribution in [0.25, 0.3) is 0 Å². The Hall–Kier alpha value is -0.870. The quantitative estimate of drug-likeness (QED) is 0.668. The maximum absolute atomic E-state index is 9.91. The Morgan fingerprint density at radius 1 is 1.75 bits per heavy atom. The van der Waals surface area contributed by atoms with Gasteiger partial charge < -0.3 is 10.8 Å². The highest BCUT2D eigenvalue weighted by molar-refractivity contribution is 5.09. The van der Waals surface area contributed by atoms with E-state index in [1.54, 1.807) is 30.9 Å². The number of rotatable bonds is 3. The normalized spacial score (nSPS) is 16.0. The molecule has 1 unspecified atom stereocenters. The molecule has 4 nitrogen and oxygen atoms in total. The van der Waals surface area contributed by atoms with E-state index in [-0.39, 0.29) is 0 Å². The van der Waals surface area contributed by atoms with Gasteiger partial charge in [0.15, 0.2) is 0 Å². The van der Waals surface area contributed by atoms with Crippen LogP contribution in [0.5, 0.6) is 0 Å². The molecule has 4 heteroatoms. The van der Waals surface area contributed by atoms with Gasteiger partial charge in [-0.05, 0) is 26.0 Å². The Kier molecular flexibility index (Phi) is 2.49. The third-order valence-electron chi connectivity index (χ3n) is 2.00. The van der Waals surface area contributed by atoms with Gasteiger partial charge in [-0.15, -0.1) is 0 Å². The van der Waals surface area contributed by atoms with Crippen molar-refractivity contribution in [2.75, 3.05) is 6.54 Å². The Morgan fingerprint density at radius 2 is 2.42 bits per heavy atom. The zero-order valence-corrected chi connectivity index (χ0v) is 7.49. The summed E-state index contributed by atoms with van der Waals surface area (Å²) in [6.45, 7) is 2.22. The molecule has 0 spiro atoms. The van der Waals surface area contributed by atoms with Gasteiger partial charge in [0.1, 0.15) is 5.60 Å². The van der Waals surface area contributed by atoms with Crippen LogP contribution in [0.1, 0.15) is 19.0 Å². The number of hydrogen-bond acceptors (Lipinski definition) is 3. The minimum atomic E-state index is -0.861. The molecule has 0 fully saturated rings. The summed E-state index contributed by atoms with van der Waals surface area (Å²) in [5.41, 5.74) is 5.32. The van der Waals surface area contributed by atoms with Gasteiger partial charge in [-0.1, -0.05) is 0 Å². The molecule has 1 atom stereocenters. The summed E-state index contributed by atoms with van der Waals surface area (Å²) >= 11 is 0. The summed E-state index contributed by atoms with van der Waals surface area (Å²) in [6, 6.07) is 1.80. The lowest BCUT2D eigenvalue weighted by molar-refractivity contribution is 0.0420. The predicted octanol–water partition coefficient (Wildman–Crippen LogP) is -0.0236. The van der Waals surface area contributed by atoms with E-state index in [1.807, 2.05) is 0 Å². The van der Waals surface area contributed by atoms with E-state index >= 15 is 0 Å². The summed E-state index contributed by atoms with van der Waals surface area (Å²) in [5, 5.41) is 13.9. The van der Waals surface area contributed by atoms with Crippen molar-refractivity contribution in [3.63, 3.8) is 0 Å². The number of aliphatic hydroxyl groups is 1. The lowest BCUT2D eigenvalue weighted by Gasteiger charge is -2.22. The van der Waals surface area contributed by atoms with Crippen LogP contribution in [0.15, 0.2) is 12.3 Å². The smallest absolute Gasteiger partial charge is 0.105 e. The SMILES string of the molecule is Cn1nccc1C(C)(O)CCN. The van der Waals surface area contributed by atoms with E-state index < -0.39 is 5.60 Å². The molecule has 68 valence electrons. The molecule has 0 aliphatic rings. The van der Waals surface area contributed by atoms with E-state index in [0.717, 1.165) is 5.69 Å². The fourth-order valence-electron chi connectivity index (χ4n) is 1.31. The van der Waals surface area contributed by atoms with Gasteiger partial charge >= 0.3 is 0 Å². The molecule has 0 aromatic carbocycles. The van der Waals surface area contributed by atoms with Crippen molar-refractivity contribution in [2.45, 2.75) is 18.9 Å². The first-order valence-electron chi connectivity index (χ1n) is 3.99. The molecule has 0 saturated heterocycles. The van der Waals surface area contributed by atoms with E-state index in [0.29, 0.717) is 13.0 Å². The standard InChI is InChI=1S/C8H15N3O/c1-8(12,4-5-9)7-3-6-10-11(7)2/h3,6,12H,4-5,9H2,1-2H3. The maximum Gasteiger partial charge on any atom is 0.105 e. The zero-order valence-electron chi connectivity index (χ0n) is 7.49. The van der Waals surface area contributed by atoms with Crippen molar-refractivity contribution in [1.29, 1.82) is 0 Å². The van der Waals surface area contributed by atoms with Crippen molar-refractivity contribution < 1.29 is 5.11 Å². The largest absolute Gasteiger partial charge is 0.384 e. The first-order valence-corrected chi connectivity index (χ1v) is 3.99. The van der Waals surface area contributed by atoms with Crippen molar-refractivity contribution in [1.82, 2.24) is 9.78 Å². The van der Waals surface area contributed by atoms with Gasteiger partial charge in [-0.25, -0.2) is 0 Å². The molecule has 1 heterocycles. The van der Waals surface area contributed by atoms with Gasteiger partial charge in [0.05, 0.1) is 5.69 Å². The van der Waals surface area contributed by atoms with Crippen LogP contribution in [0.2, 0.25) is 0 Å². The molecule has 0 saturated carbocycles. The van der Waals surface area contributed by atoms with Gasteiger partial charge in [0.2, 0.25) is 0 Å². The Balaban J connectivity index is 2.88. The van der Waals surface area contributed by atoms with Crippen LogP contribution in [0.4, 0.5) is 0 Å². The lowest BCUT2D eigenvalue weighted by atomic mass is 9.98. The Labute approximate surface area is 72.0 Å². The molecule has 0 aliphatic carbocycles. The average molecular weight is 169 g/mol. The molecule has 0 aliphatic heterocycles. The summed E-state index contributed by atoms with van der Waals surface area (Å²) in [4.78, 5) is 0. The second-order valence-electron chi connectivity index (χ2n) is 3.15. The summed E-state index contributed by atoms with van der Waals surface area (Å²) in [6.07, 6.45) is 2.22. The molecule has 1 aromatic rings. The van der Waals surface area contributed by atoms with Crippen LogP contribution in [0.3, 0.4) is 0 Å². The lowest BCUT2D eigenvalue weighted by Crippen LogP contribution is -2.27. The van der Waals surface area contributed by atoms with Gasteiger partial charge in [0.25, 0.3) is 0 Å². The van der Waals surface area contributed by atoms with Crippen molar-refractivity contribution >= 4 is 0 Å². The Bertz CT molecular complexity index is 255. The Morgan fingerprint density at radius 3 is 2.83 bits per heavy atom. The fourth-order valence-corrected chi connectivity index (χ4v) is 1.31. The van der Waals surface area contributed by atoms with Crippen LogP contribution < -0.4 is 5.73 Å². The van der Waals surface area contributed by atoms with Crippen molar-refractivity contribution in [2.24, 2.45) is 12.8 Å². The first kappa shape index (κ1) is 9.22. The molecule has 1 rings (SSSR count). The molecule has 3 N–H and O–H groups in total. The summed E-state index contributed by atoms with van der Waals surface area (Å²) in [7, 11) is 1.81. The average Bonchev–Trinajstić information content (AvgIpc) is 2.35. The predicted molar refractivity (Wildman–Crippen MR) is 46.5 cm³/mol. The van der Waals surface area contributed by atoms with Crippen LogP contribution in [-0.4, -0.2) is 21.4 Å². The fraction of sp³-hybridized carbons (Fsp3) is 0.625. The maximum atomic E-state index is 9.91. The van der Waals surface area contributed by atoms with E-state index in [1.165, 1.54) is 0 Å². The van der Waals surface area contributed by atoms with Crippen LogP contribution >= 0.6 is 0 Å². The molecular formula is C8H15N3O. The highest BCUT2D eigenvalue weighted by Crippen LogP contribution is 2.22. The molecular weight excluding hydrogens is 154 g/mol. The van der Waals surface area contributed by atoms with E-state index in [4.69, 9.17) is 5.73 Å². The molecule has 0 amide bonds. The third kappa shape index (κ3) is 1.65. The molecule has 1 aromatic heterocycles. The molecule has 0 radical (unpaired) electrons. The van der Waals surface area contributed by atoms with Crippen LogP contribution in [0, 0.1) is 0 Å². The number of hydrogen-bond donors (Lipinski definition) is 2. The molecule has 12 heavy (non-hydrogen) atoms. The zero-order chi connectivity index (χ0) is 9.19. The highest BCUT2D eigenvalue weighted by atomic mass is 16.3. The minimum Gasteiger partial charge on any atom is -0.384 e. The van der Waals surface area contributed by atoms with Gasteiger partial charge in [-0.3, -0.25) is 4.68 Å². The number of nitrogens with two attached hydrogens (primary N) is 1.